The number of aliphatic hydroxyl groups excluding tert-OH is 3. The van der Waals surface area contributed by atoms with Crippen molar-refractivity contribution in [1.29, 1.82) is 0 Å². The molecule has 0 amide bonds. The largest absolute Gasteiger partial charge is 0.502 e. The van der Waals surface area contributed by atoms with Crippen molar-refractivity contribution in [2.75, 3.05) is 35.0 Å². The molecule has 1 aliphatic heterocycles. The van der Waals surface area contributed by atoms with Gasteiger partial charge >= 0.3 is 11.9 Å². The van der Waals surface area contributed by atoms with Crippen LogP contribution in [0, 0.1) is 0 Å². The summed E-state index contributed by atoms with van der Waals surface area (Å²) in [5.74, 6) is -2.14. The van der Waals surface area contributed by atoms with E-state index in [4.69, 9.17) is 33.2 Å². The van der Waals surface area contributed by atoms with E-state index in [1.165, 1.54) is 64.9 Å². The molecule has 1 saturated heterocycles. The van der Waals surface area contributed by atoms with Gasteiger partial charge in [-0.1, -0.05) is 0 Å². The van der Waals surface area contributed by atoms with Crippen molar-refractivity contribution in [3.05, 3.63) is 47.5 Å². The number of esters is 2. The van der Waals surface area contributed by atoms with Crippen molar-refractivity contribution >= 4 is 24.1 Å². The molecule has 0 saturated carbocycles. The first kappa shape index (κ1) is 32.0. The minimum atomic E-state index is -1.80. The quantitative estimate of drug-likeness (QED) is 0.181. The lowest BCUT2D eigenvalue weighted by Crippen LogP contribution is -2.60. The molecular weight excluding hydrogens is 560 g/mol. The topological polar surface area (TPSA) is 200 Å². The summed E-state index contributed by atoms with van der Waals surface area (Å²) >= 11 is 0. The number of methoxy groups -OCH3 is 4. The molecule has 5 atom stereocenters. The molecule has 5 N–H and O–H groups in total. The van der Waals surface area contributed by atoms with Crippen LogP contribution in [0.5, 0.6) is 34.5 Å². The molecular formula is C28H32O14. The Morgan fingerprint density at radius 3 is 1.52 bits per heavy atom. The third-order valence-electron chi connectivity index (χ3n) is 6.14. The number of hydrogen-bond donors (Lipinski definition) is 5. The molecule has 0 unspecified atom stereocenters. The van der Waals surface area contributed by atoms with Crippen LogP contribution >= 0.6 is 0 Å². The number of phenolic OH excluding ortho intramolecular Hbond substituents is 2. The lowest BCUT2D eigenvalue weighted by atomic mass is 9.99. The van der Waals surface area contributed by atoms with Gasteiger partial charge in [-0.15, -0.1) is 0 Å². The number of phenols is 2. The van der Waals surface area contributed by atoms with Crippen LogP contribution < -0.4 is 18.9 Å². The summed E-state index contributed by atoms with van der Waals surface area (Å²) in [5.41, 5.74) is 0.775. The molecule has 42 heavy (non-hydrogen) atoms. The van der Waals surface area contributed by atoms with Crippen LogP contribution in [0.15, 0.2) is 36.4 Å². The minimum absolute atomic E-state index is 0.0841. The van der Waals surface area contributed by atoms with Crippen molar-refractivity contribution < 1.29 is 68.3 Å². The highest BCUT2D eigenvalue weighted by Gasteiger charge is 2.48. The van der Waals surface area contributed by atoms with Crippen molar-refractivity contribution in [1.82, 2.24) is 0 Å². The molecule has 14 heteroatoms. The van der Waals surface area contributed by atoms with Crippen LogP contribution in [0.3, 0.4) is 0 Å². The Bertz CT molecular complexity index is 1270. The molecule has 1 heterocycles. The van der Waals surface area contributed by atoms with Gasteiger partial charge in [0.05, 0.1) is 35.0 Å². The molecule has 1 fully saturated rings. The van der Waals surface area contributed by atoms with E-state index >= 15 is 0 Å². The molecule has 0 spiro atoms. The molecule has 2 aromatic carbocycles. The molecule has 0 aromatic heterocycles. The van der Waals surface area contributed by atoms with Gasteiger partial charge in [-0.3, -0.25) is 0 Å². The van der Waals surface area contributed by atoms with Gasteiger partial charge in [-0.05, 0) is 47.5 Å². The third kappa shape index (κ3) is 7.41. The van der Waals surface area contributed by atoms with E-state index in [0.717, 1.165) is 12.2 Å². The highest BCUT2D eigenvalue weighted by Crippen LogP contribution is 2.38. The highest BCUT2D eigenvalue weighted by atomic mass is 16.7. The van der Waals surface area contributed by atoms with Crippen molar-refractivity contribution in [2.45, 2.75) is 30.7 Å². The van der Waals surface area contributed by atoms with Gasteiger partial charge < -0.3 is 58.7 Å². The number of ether oxygens (including phenoxy) is 7. The molecule has 0 radical (unpaired) electrons. The number of aromatic hydroxyl groups is 2. The predicted octanol–water partition coefficient (Wildman–Crippen LogP) is 0.753. The van der Waals surface area contributed by atoms with Gasteiger partial charge in [0.25, 0.3) is 0 Å². The Balaban J connectivity index is 1.78. The molecule has 14 nitrogen and oxygen atoms in total. The van der Waals surface area contributed by atoms with Crippen LogP contribution in [0.25, 0.3) is 12.2 Å². The number of carbonyl (C=O) groups is 2. The fourth-order valence-corrected chi connectivity index (χ4v) is 3.95. The standard InChI is InChI=1S/C28H32O14/c1-36-16-9-14(10-17(37-2)23(16)32)5-7-21(30)41-27-26(35)25(34)20(13-29)40-28(27)42-22(31)8-6-15-11-18(38-3)24(33)19(12-15)39-4/h5-12,20,25-29,32-35H,13H2,1-4H3/b7-5+,8-6+/t20-,25-,26+,27-,28+/m0/s1. The molecule has 1 aliphatic rings. The average Bonchev–Trinajstić information content (AvgIpc) is 2.99. The van der Waals surface area contributed by atoms with Gasteiger partial charge in [0, 0.05) is 12.2 Å². The SMILES string of the molecule is COc1cc(/C=C/C(=O)O[C@H]2O[C@@H](CO)[C@H](O)[C@@H](O)[C@@H]2OC(=O)/C=C/c2cc(OC)c(O)c(OC)c2)cc(OC)c1O. The van der Waals surface area contributed by atoms with Gasteiger partial charge in [0.1, 0.15) is 18.3 Å². The van der Waals surface area contributed by atoms with Crippen molar-refractivity contribution in [2.24, 2.45) is 0 Å². The molecule has 0 bridgehead atoms. The smallest absolute Gasteiger partial charge is 0.333 e. The average molecular weight is 593 g/mol. The van der Waals surface area contributed by atoms with Crippen molar-refractivity contribution in [3.8, 4) is 34.5 Å². The van der Waals surface area contributed by atoms with E-state index < -0.39 is 49.3 Å². The van der Waals surface area contributed by atoms with Gasteiger partial charge in [0.2, 0.25) is 17.8 Å². The van der Waals surface area contributed by atoms with Crippen molar-refractivity contribution in [3.63, 3.8) is 0 Å². The predicted molar refractivity (Wildman–Crippen MR) is 144 cm³/mol. The second-order valence-corrected chi connectivity index (χ2v) is 8.76. The fraction of sp³-hybridized carbons (Fsp3) is 0.357. The molecule has 0 aliphatic carbocycles. The Morgan fingerprint density at radius 1 is 0.738 bits per heavy atom. The monoisotopic (exact) mass is 592 g/mol. The zero-order valence-electron chi connectivity index (χ0n) is 23.1. The normalized spacial score (nSPS) is 22.1. The van der Waals surface area contributed by atoms with Crippen LogP contribution in [0.4, 0.5) is 0 Å². The summed E-state index contributed by atoms with van der Waals surface area (Å²) in [6.45, 7) is -0.736. The number of rotatable bonds is 11. The maximum atomic E-state index is 12.6. The van der Waals surface area contributed by atoms with E-state index in [1.807, 2.05) is 0 Å². The van der Waals surface area contributed by atoms with Crippen LogP contribution in [0.2, 0.25) is 0 Å². The summed E-state index contributed by atoms with van der Waals surface area (Å²) in [7, 11) is 5.34. The number of benzene rings is 2. The van der Waals surface area contributed by atoms with Gasteiger partial charge in [0.15, 0.2) is 29.1 Å². The second kappa shape index (κ2) is 14.4. The van der Waals surface area contributed by atoms with E-state index in [-0.39, 0.29) is 34.5 Å². The number of hydrogen-bond acceptors (Lipinski definition) is 14. The van der Waals surface area contributed by atoms with Crippen LogP contribution in [-0.4, -0.2) is 103 Å². The first-order chi connectivity index (χ1) is 20.1. The van der Waals surface area contributed by atoms with E-state index in [2.05, 4.69) is 0 Å². The summed E-state index contributed by atoms with van der Waals surface area (Å²) < 4.78 is 36.2. The van der Waals surface area contributed by atoms with E-state index in [0.29, 0.717) is 11.1 Å². The van der Waals surface area contributed by atoms with E-state index in [9.17, 15) is 35.1 Å². The van der Waals surface area contributed by atoms with E-state index in [1.54, 1.807) is 0 Å². The summed E-state index contributed by atoms with van der Waals surface area (Å²) in [5, 5.41) is 50.5. The van der Waals surface area contributed by atoms with Gasteiger partial charge in [-0.2, -0.15) is 0 Å². The zero-order valence-corrected chi connectivity index (χ0v) is 23.1. The third-order valence-corrected chi connectivity index (χ3v) is 6.14. The lowest BCUT2D eigenvalue weighted by Gasteiger charge is -2.40. The Hall–Kier alpha value is -4.50. The maximum Gasteiger partial charge on any atom is 0.333 e. The first-order valence-corrected chi connectivity index (χ1v) is 12.4. The molecule has 228 valence electrons. The van der Waals surface area contributed by atoms with Crippen LogP contribution in [0.1, 0.15) is 11.1 Å². The Morgan fingerprint density at radius 2 is 1.14 bits per heavy atom. The minimum Gasteiger partial charge on any atom is -0.502 e. The Kier molecular flexibility index (Phi) is 11.0. The highest BCUT2D eigenvalue weighted by molar-refractivity contribution is 5.88. The number of carbonyl (C=O) groups excluding carboxylic acids is 2. The molecule has 2 aromatic rings. The van der Waals surface area contributed by atoms with Gasteiger partial charge in [-0.25, -0.2) is 9.59 Å². The number of aliphatic hydroxyl groups is 3. The summed E-state index contributed by atoms with van der Waals surface area (Å²) in [4.78, 5) is 25.3. The summed E-state index contributed by atoms with van der Waals surface area (Å²) in [6.07, 6.45) is -3.64. The zero-order chi connectivity index (χ0) is 31.0. The molecule has 3 rings (SSSR count). The lowest BCUT2D eigenvalue weighted by molar-refractivity contribution is -0.293. The second-order valence-electron chi connectivity index (χ2n) is 8.76. The fourth-order valence-electron chi connectivity index (χ4n) is 3.95. The Labute approximate surface area is 240 Å². The summed E-state index contributed by atoms with van der Waals surface area (Å²) in [6, 6.07) is 5.70. The van der Waals surface area contributed by atoms with Crippen LogP contribution in [-0.2, 0) is 23.8 Å². The maximum absolute atomic E-state index is 12.6. The first-order valence-electron chi connectivity index (χ1n) is 12.4.